The van der Waals surface area contributed by atoms with E-state index >= 15 is 0 Å². The summed E-state index contributed by atoms with van der Waals surface area (Å²) in [7, 11) is 2.19. The van der Waals surface area contributed by atoms with Crippen molar-refractivity contribution < 1.29 is 9.21 Å². The molecular formula is C14H20N2O2. The highest BCUT2D eigenvalue weighted by Gasteiger charge is 2.44. The molecule has 1 amide bonds. The van der Waals surface area contributed by atoms with Gasteiger partial charge in [-0.3, -0.25) is 9.69 Å². The number of carbonyl (C=O) groups excluding carboxylic acids is 1. The van der Waals surface area contributed by atoms with Crippen molar-refractivity contribution >= 4 is 5.91 Å². The van der Waals surface area contributed by atoms with Gasteiger partial charge in [0.05, 0.1) is 6.26 Å². The Morgan fingerprint density at radius 1 is 1.33 bits per heavy atom. The topological polar surface area (TPSA) is 36.7 Å². The molecule has 2 fully saturated rings. The quantitative estimate of drug-likeness (QED) is 0.762. The maximum atomic E-state index is 12.3. The Morgan fingerprint density at radius 2 is 2.22 bits per heavy atom. The normalized spacial score (nSPS) is 29.1. The molecular weight excluding hydrogens is 228 g/mol. The van der Waals surface area contributed by atoms with E-state index in [9.17, 15) is 4.79 Å². The van der Waals surface area contributed by atoms with E-state index in [1.54, 1.807) is 18.4 Å². The largest absolute Gasteiger partial charge is 0.459 e. The zero-order chi connectivity index (χ0) is 12.6. The second-order valence-corrected chi connectivity index (χ2v) is 5.56. The molecule has 2 saturated heterocycles. The van der Waals surface area contributed by atoms with Gasteiger partial charge in [0.25, 0.3) is 5.91 Å². The van der Waals surface area contributed by atoms with Crippen molar-refractivity contribution in [2.45, 2.75) is 31.2 Å². The predicted molar refractivity (Wildman–Crippen MR) is 68.4 cm³/mol. The SMILES string of the molecule is CN1CCCC[C@@]12CCN(C(=O)c1ccco1)C2. The molecule has 1 atom stereocenters. The molecule has 0 aromatic carbocycles. The first-order valence-corrected chi connectivity index (χ1v) is 6.75. The van der Waals surface area contributed by atoms with E-state index in [1.165, 1.54) is 19.3 Å². The maximum absolute atomic E-state index is 12.3. The van der Waals surface area contributed by atoms with Gasteiger partial charge in [-0.1, -0.05) is 6.42 Å². The molecule has 0 N–H and O–H groups in total. The molecule has 0 aliphatic carbocycles. The molecule has 98 valence electrons. The lowest BCUT2D eigenvalue weighted by atomic mass is 9.86. The van der Waals surface area contributed by atoms with Crippen LogP contribution in [0.25, 0.3) is 0 Å². The van der Waals surface area contributed by atoms with Crippen molar-refractivity contribution in [3.63, 3.8) is 0 Å². The monoisotopic (exact) mass is 248 g/mol. The van der Waals surface area contributed by atoms with E-state index in [0.29, 0.717) is 5.76 Å². The number of nitrogens with zero attached hydrogens (tertiary/aromatic N) is 2. The fraction of sp³-hybridized carbons (Fsp3) is 0.643. The van der Waals surface area contributed by atoms with Gasteiger partial charge in [0.15, 0.2) is 5.76 Å². The lowest BCUT2D eigenvalue weighted by Crippen LogP contribution is -2.51. The van der Waals surface area contributed by atoms with Crippen molar-refractivity contribution in [3.8, 4) is 0 Å². The van der Waals surface area contributed by atoms with Crippen molar-refractivity contribution in [1.29, 1.82) is 0 Å². The summed E-state index contributed by atoms with van der Waals surface area (Å²) in [5, 5.41) is 0. The van der Waals surface area contributed by atoms with E-state index < -0.39 is 0 Å². The van der Waals surface area contributed by atoms with Crippen LogP contribution < -0.4 is 0 Å². The third-order valence-electron chi connectivity index (χ3n) is 4.55. The van der Waals surface area contributed by atoms with Crippen molar-refractivity contribution in [2.75, 3.05) is 26.7 Å². The lowest BCUT2D eigenvalue weighted by Gasteiger charge is -2.42. The van der Waals surface area contributed by atoms with E-state index in [0.717, 1.165) is 26.1 Å². The number of amides is 1. The van der Waals surface area contributed by atoms with Gasteiger partial charge in [-0.2, -0.15) is 0 Å². The Morgan fingerprint density at radius 3 is 2.94 bits per heavy atom. The minimum absolute atomic E-state index is 0.0378. The van der Waals surface area contributed by atoms with Gasteiger partial charge in [0, 0.05) is 18.6 Å². The van der Waals surface area contributed by atoms with Crippen molar-refractivity contribution in [2.24, 2.45) is 0 Å². The fourth-order valence-electron chi connectivity index (χ4n) is 3.33. The van der Waals surface area contributed by atoms with E-state index in [1.807, 2.05) is 4.90 Å². The maximum Gasteiger partial charge on any atom is 0.289 e. The number of piperidine rings is 1. The smallest absolute Gasteiger partial charge is 0.289 e. The molecule has 0 saturated carbocycles. The Bertz CT molecular complexity index is 429. The summed E-state index contributed by atoms with van der Waals surface area (Å²) in [5.74, 6) is 0.501. The Hall–Kier alpha value is -1.29. The van der Waals surface area contributed by atoms with Crippen LogP contribution in [0.2, 0.25) is 0 Å². The summed E-state index contributed by atoms with van der Waals surface area (Å²) in [4.78, 5) is 16.6. The number of likely N-dealkylation sites (tertiary alicyclic amines) is 2. The van der Waals surface area contributed by atoms with Crippen molar-refractivity contribution in [3.05, 3.63) is 24.2 Å². The first-order valence-electron chi connectivity index (χ1n) is 6.75. The van der Waals surface area contributed by atoms with Gasteiger partial charge < -0.3 is 9.32 Å². The zero-order valence-corrected chi connectivity index (χ0v) is 10.9. The van der Waals surface area contributed by atoms with Crippen LogP contribution in [0.5, 0.6) is 0 Å². The molecule has 0 bridgehead atoms. The third-order valence-corrected chi connectivity index (χ3v) is 4.55. The molecule has 0 radical (unpaired) electrons. The second kappa shape index (κ2) is 4.43. The van der Waals surface area contributed by atoms with E-state index in [-0.39, 0.29) is 11.4 Å². The van der Waals surface area contributed by atoms with Crippen LogP contribution in [0, 0.1) is 0 Å². The van der Waals surface area contributed by atoms with Gasteiger partial charge in [-0.05, 0) is 45.0 Å². The minimum atomic E-state index is 0.0378. The van der Waals surface area contributed by atoms with Gasteiger partial charge in [-0.25, -0.2) is 0 Å². The number of carbonyl (C=O) groups is 1. The van der Waals surface area contributed by atoms with Crippen molar-refractivity contribution in [1.82, 2.24) is 9.80 Å². The van der Waals surface area contributed by atoms with Crippen LogP contribution in [0.1, 0.15) is 36.2 Å². The highest BCUT2D eigenvalue weighted by molar-refractivity contribution is 5.91. The molecule has 3 rings (SSSR count). The number of hydrogen-bond donors (Lipinski definition) is 0. The average Bonchev–Trinajstić information content (AvgIpc) is 3.03. The van der Waals surface area contributed by atoms with Gasteiger partial charge in [0.2, 0.25) is 0 Å². The van der Waals surface area contributed by atoms with Crippen LogP contribution in [0.15, 0.2) is 22.8 Å². The highest BCUT2D eigenvalue weighted by Crippen LogP contribution is 2.35. The number of likely N-dealkylation sites (N-methyl/N-ethyl adjacent to an activating group) is 1. The Kier molecular flexibility index (Phi) is 2.90. The van der Waals surface area contributed by atoms with Crippen LogP contribution >= 0.6 is 0 Å². The predicted octanol–water partition coefficient (Wildman–Crippen LogP) is 1.98. The van der Waals surface area contributed by atoms with Gasteiger partial charge in [0.1, 0.15) is 0 Å². The molecule has 2 aliphatic rings. The number of furan rings is 1. The van der Waals surface area contributed by atoms with Crippen LogP contribution in [-0.2, 0) is 0 Å². The molecule has 0 unspecified atom stereocenters. The van der Waals surface area contributed by atoms with Crippen LogP contribution in [0.4, 0.5) is 0 Å². The first kappa shape index (κ1) is 11.8. The highest BCUT2D eigenvalue weighted by atomic mass is 16.3. The molecule has 1 aromatic heterocycles. The van der Waals surface area contributed by atoms with Gasteiger partial charge in [-0.15, -0.1) is 0 Å². The summed E-state index contributed by atoms with van der Waals surface area (Å²) in [6.07, 6.45) is 6.44. The summed E-state index contributed by atoms with van der Waals surface area (Å²) in [6, 6.07) is 3.52. The molecule has 4 nitrogen and oxygen atoms in total. The molecule has 1 spiro atoms. The lowest BCUT2D eigenvalue weighted by molar-refractivity contribution is 0.0616. The van der Waals surface area contributed by atoms with Gasteiger partial charge >= 0.3 is 0 Å². The second-order valence-electron chi connectivity index (χ2n) is 5.56. The first-order chi connectivity index (χ1) is 8.71. The molecule has 2 aliphatic heterocycles. The molecule has 3 heterocycles. The van der Waals surface area contributed by atoms with E-state index in [2.05, 4.69) is 11.9 Å². The number of hydrogen-bond acceptors (Lipinski definition) is 3. The van der Waals surface area contributed by atoms with E-state index in [4.69, 9.17) is 4.42 Å². The summed E-state index contributed by atoms with van der Waals surface area (Å²) >= 11 is 0. The number of rotatable bonds is 1. The molecule has 1 aromatic rings. The third kappa shape index (κ3) is 1.85. The Balaban J connectivity index is 1.73. The average molecular weight is 248 g/mol. The summed E-state index contributed by atoms with van der Waals surface area (Å²) < 4.78 is 5.21. The van der Waals surface area contributed by atoms with Crippen LogP contribution in [0.3, 0.4) is 0 Å². The summed E-state index contributed by atoms with van der Waals surface area (Å²) in [6.45, 7) is 2.86. The standard InChI is InChI=1S/C14H20N2O2/c1-15-8-3-2-6-14(15)7-9-16(11-14)13(17)12-5-4-10-18-12/h4-5,10H,2-3,6-9,11H2,1H3/t14-/m0/s1. The zero-order valence-electron chi connectivity index (χ0n) is 10.9. The molecule has 18 heavy (non-hydrogen) atoms. The molecule has 4 heteroatoms. The Labute approximate surface area is 108 Å². The summed E-state index contributed by atoms with van der Waals surface area (Å²) in [5.41, 5.74) is 0.223. The fourth-order valence-corrected chi connectivity index (χ4v) is 3.33. The van der Waals surface area contributed by atoms with Crippen LogP contribution in [-0.4, -0.2) is 47.9 Å². The minimum Gasteiger partial charge on any atom is -0.459 e.